The standard InChI is InChI=1S/C30H33N5O4/c1-38-26-18-17-21(19-27(26)39-2)29(30(37)31-22-11-5-3-6-12-22)35(23-13-7-4-8-14-23)28(36)20-34-25-16-10-9-15-24(25)32-33-34/h4,7-10,13-19,22,29H,3,5-6,11-12,20H2,1-2H3,(H,31,37). The van der Waals surface area contributed by atoms with Gasteiger partial charge in [0.25, 0.3) is 0 Å². The monoisotopic (exact) mass is 527 g/mol. The van der Waals surface area contributed by atoms with Gasteiger partial charge in [0.2, 0.25) is 11.8 Å². The maximum absolute atomic E-state index is 14.1. The van der Waals surface area contributed by atoms with Crippen LogP contribution in [0.4, 0.5) is 5.69 Å². The van der Waals surface area contributed by atoms with Crippen LogP contribution in [0.2, 0.25) is 0 Å². The van der Waals surface area contributed by atoms with Gasteiger partial charge in [0.05, 0.1) is 19.7 Å². The molecule has 1 aliphatic carbocycles. The number of hydrogen-bond donors (Lipinski definition) is 1. The zero-order valence-corrected chi connectivity index (χ0v) is 22.2. The average Bonchev–Trinajstić information content (AvgIpc) is 3.38. The van der Waals surface area contributed by atoms with Crippen LogP contribution in [-0.4, -0.2) is 47.1 Å². The highest BCUT2D eigenvalue weighted by Crippen LogP contribution is 2.35. The first-order valence-electron chi connectivity index (χ1n) is 13.3. The number of rotatable bonds is 9. The van der Waals surface area contributed by atoms with E-state index in [0.717, 1.165) is 31.2 Å². The molecule has 1 fully saturated rings. The second-order valence-electron chi connectivity index (χ2n) is 9.70. The van der Waals surface area contributed by atoms with Gasteiger partial charge in [-0.2, -0.15) is 0 Å². The molecular weight excluding hydrogens is 494 g/mol. The van der Waals surface area contributed by atoms with Gasteiger partial charge in [0, 0.05) is 11.7 Å². The number of amides is 2. The second kappa shape index (κ2) is 12.0. The molecule has 9 heteroatoms. The molecule has 0 spiro atoms. The largest absolute Gasteiger partial charge is 0.493 e. The van der Waals surface area contributed by atoms with Gasteiger partial charge in [-0.15, -0.1) is 5.10 Å². The molecule has 5 rings (SSSR count). The lowest BCUT2D eigenvalue weighted by Gasteiger charge is -2.33. The Bertz CT molecular complexity index is 1430. The smallest absolute Gasteiger partial charge is 0.249 e. The average molecular weight is 528 g/mol. The van der Waals surface area contributed by atoms with Crippen molar-refractivity contribution in [3.63, 3.8) is 0 Å². The van der Waals surface area contributed by atoms with E-state index in [9.17, 15) is 9.59 Å². The highest BCUT2D eigenvalue weighted by molar-refractivity contribution is 6.01. The summed E-state index contributed by atoms with van der Waals surface area (Å²) in [5.74, 6) is 0.484. The van der Waals surface area contributed by atoms with E-state index < -0.39 is 6.04 Å². The molecule has 1 aliphatic rings. The first-order valence-corrected chi connectivity index (χ1v) is 13.3. The summed E-state index contributed by atoms with van der Waals surface area (Å²) in [7, 11) is 3.11. The minimum absolute atomic E-state index is 0.0703. The van der Waals surface area contributed by atoms with Crippen molar-refractivity contribution in [2.24, 2.45) is 0 Å². The number of methoxy groups -OCH3 is 2. The van der Waals surface area contributed by atoms with E-state index in [0.29, 0.717) is 28.3 Å². The van der Waals surface area contributed by atoms with Crippen molar-refractivity contribution in [2.45, 2.75) is 50.7 Å². The van der Waals surface area contributed by atoms with Crippen molar-refractivity contribution in [2.75, 3.05) is 19.1 Å². The molecule has 3 aromatic carbocycles. The predicted octanol–water partition coefficient (Wildman–Crippen LogP) is 4.67. The molecule has 4 aromatic rings. The van der Waals surface area contributed by atoms with Crippen LogP contribution in [0.15, 0.2) is 72.8 Å². The molecule has 1 aromatic heterocycles. The maximum Gasteiger partial charge on any atom is 0.249 e. The zero-order chi connectivity index (χ0) is 27.2. The van der Waals surface area contributed by atoms with Crippen LogP contribution in [0.1, 0.15) is 43.7 Å². The fourth-order valence-electron chi connectivity index (χ4n) is 5.23. The zero-order valence-electron chi connectivity index (χ0n) is 22.2. The second-order valence-corrected chi connectivity index (χ2v) is 9.70. The van der Waals surface area contributed by atoms with E-state index in [4.69, 9.17) is 9.47 Å². The molecule has 1 heterocycles. The summed E-state index contributed by atoms with van der Waals surface area (Å²) in [4.78, 5) is 29.8. The predicted molar refractivity (Wildman–Crippen MR) is 149 cm³/mol. The van der Waals surface area contributed by atoms with Crippen LogP contribution in [0.5, 0.6) is 11.5 Å². The van der Waals surface area contributed by atoms with E-state index in [1.807, 2.05) is 54.6 Å². The fourth-order valence-corrected chi connectivity index (χ4v) is 5.23. The molecular formula is C30H33N5O4. The number of ether oxygens (including phenoxy) is 2. The molecule has 0 bridgehead atoms. The summed E-state index contributed by atoms with van der Waals surface area (Å²) in [5.41, 5.74) is 2.66. The Morgan fingerprint density at radius 3 is 2.41 bits per heavy atom. The molecule has 0 radical (unpaired) electrons. The molecule has 1 atom stereocenters. The molecule has 9 nitrogen and oxygen atoms in total. The summed E-state index contributed by atoms with van der Waals surface area (Å²) in [6, 6.07) is 21.2. The number of benzene rings is 3. The topological polar surface area (TPSA) is 98.6 Å². The molecule has 0 aliphatic heterocycles. The maximum atomic E-state index is 14.1. The van der Waals surface area contributed by atoms with Gasteiger partial charge in [0.1, 0.15) is 18.1 Å². The van der Waals surface area contributed by atoms with Crippen molar-refractivity contribution in [3.8, 4) is 11.5 Å². The molecule has 202 valence electrons. The van der Waals surface area contributed by atoms with Gasteiger partial charge < -0.3 is 14.8 Å². The molecule has 0 saturated heterocycles. The third kappa shape index (κ3) is 5.72. The summed E-state index contributed by atoms with van der Waals surface area (Å²) >= 11 is 0. The molecule has 1 saturated carbocycles. The number of carbonyl (C=O) groups excluding carboxylic acids is 2. The highest BCUT2D eigenvalue weighted by atomic mass is 16.5. The molecule has 1 N–H and O–H groups in total. The summed E-state index contributed by atoms with van der Waals surface area (Å²) in [6.07, 6.45) is 5.18. The van der Waals surface area contributed by atoms with Crippen molar-refractivity contribution in [1.82, 2.24) is 20.3 Å². The quantitative estimate of drug-likeness (QED) is 0.340. The number of nitrogens with zero attached hydrogens (tertiary/aromatic N) is 4. The summed E-state index contributed by atoms with van der Waals surface area (Å²) in [6.45, 7) is -0.0874. The number of hydrogen-bond acceptors (Lipinski definition) is 6. The third-order valence-electron chi connectivity index (χ3n) is 7.19. The van der Waals surface area contributed by atoms with E-state index in [1.54, 1.807) is 42.0 Å². The Hall–Kier alpha value is -4.40. The van der Waals surface area contributed by atoms with E-state index in [1.165, 1.54) is 6.42 Å². The molecule has 2 amide bonds. The normalized spacial score (nSPS) is 14.5. The van der Waals surface area contributed by atoms with E-state index in [2.05, 4.69) is 15.6 Å². The lowest BCUT2D eigenvalue weighted by atomic mass is 9.94. The number of anilines is 1. The summed E-state index contributed by atoms with van der Waals surface area (Å²) < 4.78 is 12.6. The van der Waals surface area contributed by atoms with Crippen LogP contribution >= 0.6 is 0 Å². The number of carbonyl (C=O) groups is 2. The Balaban J connectivity index is 1.58. The van der Waals surface area contributed by atoms with Crippen molar-refractivity contribution in [3.05, 3.63) is 78.4 Å². The van der Waals surface area contributed by atoms with Gasteiger partial charge >= 0.3 is 0 Å². The van der Waals surface area contributed by atoms with Crippen molar-refractivity contribution < 1.29 is 19.1 Å². The Labute approximate surface area is 227 Å². The van der Waals surface area contributed by atoms with Gasteiger partial charge in [0.15, 0.2) is 11.5 Å². The summed E-state index contributed by atoms with van der Waals surface area (Å²) in [5, 5.41) is 11.6. The van der Waals surface area contributed by atoms with Gasteiger partial charge in [-0.3, -0.25) is 14.5 Å². The Kier molecular flexibility index (Phi) is 8.05. The number of fused-ring (bicyclic) bond motifs is 1. The van der Waals surface area contributed by atoms with Crippen LogP contribution in [0, 0.1) is 0 Å². The van der Waals surface area contributed by atoms with Crippen molar-refractivity contribution in [1.29, 1.82) is 0 Å². The van der Waals surface area contributed by atoms with E-state index >= 15 is 0 Å². The fraction of sp³-hybridized carbons (Fsp3) is 0.333. The van der Waals surface area contributed by atoms with E-state index in [-0.39, 0.29) is 24.4 Å². The minimum Gasteiger partial charge on any atom is -0.493 e. The number of nitrogens with one attached hydrogen (secondary N) is 1. The van der Waals surface area contributed by atoms with Gasteiger partial charge in [-0.1, -0.05) is 60.9 Å². The first kappa shape index (κ1) is 26.2. The van der Waals surface area contributed by atoms with Crippen LogP contribution in [-0.2, 0) is 16.1 Å². The SMILES string of the molecule is COc1ccc(C(C(=O)NC2CCCCC2)N(C(=O)Cn2nnc3ccccc32)c2ccccc2)cc1OC. The van der Waals surface area contributed by atoms with Crippen LogP contribution in [0.25, 0.3) is 11.0 Å². The Morgan fingerprint density at radius 1 is 0.949 bits per heavy atom. The van der Waals surface area contributed by atoms with Crippen LogP contribution < -0.4 is 19.7 Å². The van der Waals surface area contributed by atoms with Crippen molar-refractivity contribution >= 4 is 28.5 Å². The molecule has 39 heavy (non-hydrogen) atoms. The lowest BCUT2D eigenvalue weighted by molar-refractivity contribution is -0.127. The van der Waals surface area contributed by atoms with Crippen LogP contribution in [0.3, 0.4) is 0 Å². The molecule has 1 unspecified atom stereocenters. The third-order valence-corrected chi connectivity index (χ3v) is 7.19. The lowest BCUT2D eigenvalue weighted by Crippen LogP contribution is -2.48. The first-order chi connectivity index (χ1) is 19.1. The number of aromatic nitrogens is 3. The van der Waals surface area contributed by atoms with Gasteiger partial charge in [-0.05, 0) is 54.8 Å². The number of para-hydroxylation sites is 2. The Morgan fingerprint density at radius 2 is 1.67 bits per heavy atom. The minimum atomic E-state index is -0.948. The van der Waals surface area contributed by atoms with Gasteiger partial charge in [-0.25, -0.2) is 4.68 Å². The highest BCUT2D eigenvalue weighted by Gasteiger charge is 2.35.